The minimum absolute atomic E-state index is 0.480. The van der Waals surface area contributed by atoms with Crippen molar-refractivity contribution in [3.05, 3.63) is 16.9 Å². The van der Waals surface area contributed by atoms with Gasteiger partial charge in [-0.05, 0) is 13.3 Å². The van der Waals surface area contributed by atoms with Crippen LogP contribution in [-0.4, -0.2) is 14.9 Å². The predicted octanol–water partition coefficient (Wildman–Crippen LogP) is 3.95. The minimum atomic E-state index is -0.480. The summed E-state index contributed by atoms with van der Waals surface area (Å²) in [7, 11) is 0. The third kappa shape index (κ3) is 4.32. The topological polar surface area (TPSA) is 38.1 Å². The molecule has 1 aromatic rings. The molecule has 1 heterocycles. The Labute approximate surface area is 109 Å². The summed E-state index contributed by atoms with van der Waals surface area (Å²) in [6.07, 6.45) is 7.92. The standard InChI is InChI=1S/C13H23ClN2O/c1-3-5-6-7-8-9-12(17)13-11(14)10-15-16(13)4-2/h10,12,17H,3-9H2,1-2H3. The fraction of sp³-hybridized carbons (Fsp3) is 0.769. The fourth-order valence-corrected chi connectivity index (χ4v) is 2.30. The Kier molecular flexibility index (Phi) is 6.60. The van der Waals surface area contributed by atoms with Crippen molar-refractivity contribution in [3.8, 4) is 0 Å². The van der Waals surface area contributed by atoms with Gasteiger partial charge in [-0.15, -0.1) is 0 Å². The van der Waals surface area contributed by atoms with E-state index in [9.17, 15) is 5.11 Å². The molecule has 4 heteroatoms. The summed E-state index contributed by atoms with van der Waals surface area (Å²) >= 11 is 6.04. The molecule has 1 N–H and O–H groups in total. The number of aliphatic hydroxyl groups excluding tert-OH is 1. The van der Waals surface area contributed by atoms with Crippen LogP contribution in [-0.2, 0) is 6.54 Å². The molecule has 0 saturated carbocycles. The zero-order chi connectivity index (χ0) is 12.7. The maximum absolute atomic E-state index is 10.1. The molecule has 0 saturated heterocycles. The SMILES string of the molecule is CCCCCCCC(O)c1c(Cl)cnn1CC. The van der Waals surface area contributed by atoms with Gasteiger partial charge in [0.2, 0.25) is 0 Å². The number of hydrogen-bond acceptors (Lipinski definition) is 2. The molecule has 0 aromatic carbocycles. The second-order valence-electron chi connectivity index (χ2n) is 4.41. The smallest absolute Gasteiger partial charge is 0.0971 e. The molecule has 0 radical (unpaired) electrons. The average molecular weight is 259 g/mol. The Hall–Kier alpha value is -0.540. The van der Waals surface area contributed by atoms with Crippen LogP contribution in [0.3, 0.4) is 0 Å². The molecule has 1 unspecified atom stereocenters. The summed E-state index contributed by atoms with van der Waals surface area (Å²) < 4.78 is 1.78. The van der Waals surface area contributed by atoms with Crippen molar-refractivity contribution in [3.63, 3.8) is 0 Å². The van der Waals surface area contributed by atoms with Gasteiger partial charge in [0, 0.05) is 6.54 Å². The van der Waals surface area contributed by atoms with E-state index < -0.39 is 6.10 Å². The van der Waals surface area contributed by atoms with Crippen LogP contribution in [0, 0.1) is 0 Å². The second-order valence-corrected chi connectivity index (χ2v) is 4.82. The minimum Gasteiger partial charge on any atom is -0.387 e. The highest BCUT2D eigenvalue weighted by Gasteiger charge is 2.16. The van der Waals surface area contributed by atoms with Crippen molar-refractivity contribution in [1.82, 2.24) is 9.78 Å². The number of unbranched alkanes of at least 4 members (excludes halogenated alkanes) is 4. The van der Waals surface area contributed by atoms with Gasteiger partial charge in [-0.3, -0.25) is 4.68 Å². The maximum atomic E-state index is 10.1. The van der Waals surface area contributed by atoms with Crippen LogP contribution in [0.25, 0.3) is 0 Å². The molecule has 0 aliphatic heterocycles. The summed E-state index contributed by atoms with van der Waals surface area (Å²) in [5.74, 6) is 0. The van der Waals surface area contributed by atoms with Crippen molar-refractivity contribution in [2.75, 3.05) is 0 Å². The van der Waals surface area contributed by atoms with Crippen molar-refractivity contribution >= 4 is 11.6 Å². The maximum Gasteiger partial charge on any atom is 0.0971 e. The van der Waals surface area contributed by atoms with Gasteiger partial charge < -0.3 is 5.11 Å². The molecule has 0 amide bonds. The Balaban J connectivity index is 2.40. The lowest BCUT2D eigenvalue weighted by Crippen LogP contribution is -2.08. The molecule has 0 aliphatic carbocycles. The Morgan fingerprint density at radius 3 is 2.65 bits per heavy atom. The molecular weight excluding hydrogens is 236 g/mol. The van der Waals surface area contributed by atoms with Crippen LogP contribution >= 0.6 is 11.6 Å². The van der Waals surface area contributed by atoms with Gasteiger partial charge in [0.05, 0.1) is 23.0 Å². The molecule has 0 fully saturated rings. The molecule has 0 aliphatic rings. The van der Waals surface area contributed by atoms with E-state index in [0.717, 1.165) is 25.1 Å². The van der Waals surface area contributed by atoms with Gasteiger partial charge >= 0.3 is 0 Å². The first-order chi connectivity index (χ1) is 8.20. The molecule has 1 atom stereocenters. The third-order valence-electron chi connectivity index (χ3n) is 3.03. The number of halogens is 1. The highest BCUT2D eigenvalue weighted by Crippen LogP contribution is 2.26. The predicted molar refractivity (Wildman–Crippen MR) is 71.2 cm³/mol. The molecular formula is C13H23ClN2O. The number of nitrogens with zero attached hydrogens (tertiary/aromatic N) is 2. The van der Waals surface area contributed by atoms with Gasteiger partial charge in [0.1, 0.15) is 0 Å². The molecule has 3 nitrogen and oxygen atoms in total. The summed E-state index contributed by atoms with van der Waals surface area (Å²) in [6, 6.07) is 0. The Morgan fingerprint density at radius 1 is 1.29 bits per heavy atom. The molecule has 17 heavy (non-hydrogen) atoms. The summed E-state index contributed by atoms with van der Waals surface area (Å²) in [5.41, 5.74) is 0.768. The van der Waals surface area contributed by atoms with E-state index in [4.69, 9.17) is 11.6 Å². The Morgan fingerprint density at radius 2 is 2.00 bits per heavy atom. The quantitative estimate of drug-likeness (QED) is 0.717. The first-order valence-corrected chi connectivity index (χ1v) is 6.97. The molecule has 98 valence electrons. The van der Waals surface area contributed by atoms with Gasteiger partial charge in [0.15, 0.2) is 0 Å². The van der Waals surface area contributed by atoms with E-state index >= 15 is 0 Å². The normalized spacial score (nSPS) is 12.9. The van der Waals surface area contributed by atoms with Crippen LogP contribution in [0.2, 0.25) is 5.02 Å². The van der Waals surface area contributed by atoms with Crippen molar-refractivity contribution in [1.29, 1.82) is 0 Å². The summed E-state index contributed by atoms with van der Waals surface area (Å²) in [5, 5.41) is 14.8. The summed E-state index contributed by atoms with van der Waals surface area (Å²) in [6.45, 7) is 4.95. The number of aromatic nitrogens is 2. The fourth-order valence-electron chi connectivity index (χ4n) is 2.03. The first-order valence-electron chi connectivity index (χ1n) is 6.60. The van der Waals surface area contributed by atoms with E-state index in [1.807, 2.05) is 6.92 Å². The highest BCUT2D eigenvalue weighted by atomic mass is 35.5. The van der Waals surface area contributed by atoms with Gasteiger partial charge in [-0.1, -0.05) is 50.6 Å². The number of aryl methyl sites for hydroxylation is 1. The molecule has 0 spiro atoms. The van der Waals surface area contributed by atoms with Crippen LogP contribution in [0.1, 0.15) is 64.2 Å². The lowest BCUT2D eigenvalue weighted by molar-refractivity contribution is 0.152. The third-order valence-corrected chi connectivity index (χ3v) is 3.32. The van der Waals surface area contributed by atoms with Gasteiger partial charge in [0.25, 0.3) is 0 Å². The van der Waals surface area contributed by atoms with E-state index in [0.29, 0.717) is 5.02 Å². The molecule has 1 aromatic heterocycles. The van der Waals surface area contributed by atoms with Gasteiger partial charge in [-0.2, -0.15) is 5.10 Å². The second kappa shape index (κ2) is 7.72. The van der Waals surface area contributed by atoms with Crippen molar-refractivity contribution in [2.45, 2.75) is 65.0 Å². The number of aliphatic hydroxyl groups is 1. The van der Waals surface area contributed by atoms with E-state index in [-0.39, 0.29) is 0 Å². The Bertz CT molecular complexity index is 325. The van der Waals surface area contributed by atoms with Crippen LogP contribution < -0.4 is 0 Å². The van der Waals surface area contributed by atoms with Crippen molar-refractivity contribution in [2.24, 2.45) is 0 Å². The lowest BCUT2D eigenvalue weighted by atomic mass is 10.1. The lowest BCUT2D eigenvalue weighted by Gasteiger charge is -2.12. The van der Waals surface area contributed by atoms with Crippen molar-refractivity contribution < 1.29 is 5.11 Å². The largest absolute Gasteiger partial charge is 0.387 e. The van der Waals surface area contributed by atoms with Gasteiger partial charge in [-0.25, -0.2) is 0 Å². The van der Waals surface area contributed by atoms with E-state index in [1.54, 1.807) is 10.9 Å². The summed E-state index contributed by atoms with van der Waals surface area (Å²) in [4.78, 5) is 0. The first kappa shape index (κ1) is 14.5. The van der Waals surface area contributed by atoms with E-state index in [2.05, 4.69) is 12.0 Å². The highest BCUT2D eigenvalue weighted by molar-refractivity contribution is 6.31. The zero-order valence-electron chi connectivity index (χ0n) is 10.8. The molecule has 0 bridgehead atoms. The number of hydrogen-bond donors (Lipinski definition) is 1. The average Bonchev–Trinajstić information content (AvgIpc) is 2.70. The monoisotopic (exact) mass is 258 g/mol. The van der Waals surface area contributed by atoms with Crippen LogP contribution in [0.15, 0.2) is 6.20 Å². The molecule has 1 rings (SSSR count). The zero-order valence-corrected chi connectivity index (χ0v) is 11.6. The van der Waals surface area contributed by atoms with E-state index in [1.165, 1.54) is 25.7 Å². The van der Waals surface area contributed by atoms with Crippen LogP contribution in [0.5, 0.6) is 0 Å². The number of rotatable bonds is 8. The van der Waals surface area contributed by atoms with Crippen LogP contribution in [0.4, 0.5) is 0 Å².